The molecule has 0 saturated heterocycles. The topological polar surface area (TPSA) is 73.6 Å². The molecule has 0 saturated carbocycles. The summed E-state index contributed by atoms with van der Waals surface area (Å²) in [6.07, 6.45) is 1.13. The van der Waals surface area contributed by atoms with Crippen LogP contribution in [0.5, 0.6) is 5.75 Å². The average Bonchev–Trinajstić information content (AvgIpc) is 2.15. The molecule has 0 fully saturated rings. The molecule has 1 aromatic rings. The lowest BCUT2D eigenvalue weighted by Crippen LogP contribution is -1.98. The summed E-state index contributed by atoms with van der Waals surface area (Å²) in [6.45, 7) is -3.51. The second-order valence-electron chi connectivity index (χ2n) is 2.28. The summed E-state index contributed by atoms with van der Waals surface area (Å²) in [5.41, 5.74) is -0.259. The van der Waals surface area contributed by atoms with Gasteiger partial charge in [-0.25, -0.2) is 0 Å². The molecular formula is C8H11NO3. The van der Waals surface area contributed by atoms with Crippen molar-refractivity contribution < 1.29 is 19.4 Å². The van der Waals surface area contributed by atoms with E-state index in [1.165, 1.54) is 0 Å². The maximum absolute atomic E-state index is 9.54. The van der Waals surface area contributed by atoms with Crippen LogP contribution in [0.3, 0.4) is 0 Å². The lowest BCUT2D eigenvalue weighted by Gasteiger charge is -2.07. The lowest BCUT2D eigenvalue weighted by atomic mass is 10.1. The fraction of sp³-hybridized carbons (Fsp3) is 0.375. The number of pyridine rings is 1. The normalized spacial score (nSPS) is 15.0. The summed E-state index contributed by atoms with van der Waals surface area (Å²) in [5.74, 6) is -0.580. The summed E-state index contributed by atoms with van der Waals surface area (Å²) in [5, 5.41) is 27.3. The van der Waals surface area contributed by atoms with Crippen LogP contribution in [0.1, 0.15) is 20.9 Å². The predicted molar refractivity (Wildman–Crippen MR) is 42.5 cm³/mol. The van der Waals surface area contributed by atoms with Gasteiger partial charge in [0.15, 0.2) is 0 Å². The maximum Gasteiger partial charge on any atom is 0.142 e. The van der Waals surface area contributed by atoms with Crippen molar-refractivity contribution in [1.29, 1.82) is 0 Å². The maximum atomic E-state index is 9.54. The molecule has 0 aliphatic carbocycles. The number of hydrogen-bond donors (Lipinski definition) is 3. The smallest absolute Gasteiger partial charge is 0.142 e. The number of aromatic hydroxyl groups is 1. The third kappa shape index (κ3) is 1.39. The summed E-state index contributed by atoms with van der Waals surface area (Å²) < 4.78 is 21.2. The molecule has 1 rings (SSSR count). The molecule has 0 spiro atoms. The van der Waals surface area contributed by atoms with Gasteiger partial charge >= 0.3 is 0 Å². The molecular weight excluding hydrogens is 158 g/mol. The number of aliphatic hydroxyl groups is 2. The Hall–Kier alpha value is -1.13. The molecule has 0 bridgehead atoms. The largest absolute Gasteiger partial charge is 0.506 e. The Morgan fingerprint density at radius 3 is 2.75 bits per heavy atom. The standard InChI is InChI=1S/C8H11NO3/c1-5-8(12)7(4-11)6(3-10)2-9-5/h2,10-12H,3-4H2,1H3/i1D3. The zero-order chi connectivity index (χ0) is 11.6. The number of hydrogen-bond acceptors (Lipinski definition) is 4. The molecule has 66 valence electrons. The lowest BCUT2D eigenvalue weighted by molar-refractivity contribution is 0.254. The molecule has 0 aliphatic heterocycles. The monoisotopic (exact) mass is 172 g/mol. The van der Waals surface area contributed by atoms with Crippen LogP contribution in [0, 0.1) is 6.85 Å². The Bertz CT molecular complexity index is 365. The number of nitrogens with zero attached hydrogens (tertiary/aromatic N) is 1. The van der Waals surface area contributed by atoms with E-state index < -0.39 is 31.5 Å². The predicted octanol–water partition coefficient (Wildman–Crippen LogP) is 0.0802. The van der Waals surface area contributed by atoms with E-state index in [9.17, 15) is 5.11 Å². The highest BCUT2D eigenvalue weighted by molar-refractivity contribution is 5.39. The molecule has 12 heavy (non-hydrogen) atoms. The van der Waals surface area contributed by atoms with Crippen molar-refractivity contribution >= 4 is 0 Å². The van der Waals surface area contributed by atoms with Crippen molar-refractivity contribution in [2.75, 3.05) is 0 Å². The van der Waals surface area contributed by atoms with Crippen LogP contribution in [0.25, 0.3) is 0 Å². The van der Waals surface area contributed by atoms with Gasteiger partial charge in [-0.2, -0.15) is 0 Å². The van der Waals surface area contributed by atoms with Gasteiger partial charge in [0.05, 0.1) is 18.9 Å². The van der Waals surface area contributed by atoms with E-state index in [1.54, 1.807) is 0 Å². The van der Waals surface area contributed by atoms with Crippen molar-refractivity contribution in [3.63, 3.8) is 0 Å². The van der Waals surface area contributed by atoms with E-state index in [0.29, 0.717) is 0 Å². The van der Waals surface area contributed by atoms with Crippen molar-refractivity contribution in [2.45, 2.75) is 20.1 Å². The molecule has 4 nitrogen and oxygen atoms in total. The van der Waals surface area contributed by atoms with E-state index in [0.717, 1.165) is 6.20 Å². The van der Waals surface area contributed by atoms with Crippen LogP contribution >= 0.6 is 0 Å². The van der Waals surface area contributed by atoms with Crippen molar-refractivity contribution in [3.8, 4) is 5.75 Å². The average molecular weight is 172 g/mol. The molecule has 0 aliphatic rings. The third-order valence-electron chi connectivity index (χ3n) is 1.58. The van der Waals surface area contributed by atoms with Gasteiger partial charge in [-0.15, -0.1) is 0 Å². The van der Waals surface area contributed by atoms with Crippen LogP contribution in [0.15, 0.2) is 6.20 Å². The van der Waals surface area contributed by atoms with Gasteiger partial charge in [-0.1, -0.05) is 0 Å². The Labute approximate surface area is 74.3 Å². The first kappa shape index (κ1) is 5.50. The van der Waals surface area contributed by atoms with E-state index >= 15 is 0 Å². The first-order valence-electron chi connectivity index (χ1n) is 4.83. The van der Waals surface area contributed by atoms with Crippen LogP contribution in [0.2, 0.25) is 0 Å². The second-order valence-corrected chi connectivity index (χ2v) is 2.28. The van der Waals surface area contributed by atoms with E-state index in [1.807, 2.05) is 0 Å². The summed E-state index contributed by atoms with van der Waals surface area (Å²) in [7, 11) is 0. The van der Waals surface area contributed by atoms with Gasteiger partial charge in [0.25, 0.3) is 0 Å². The molecule has 0 unspecified atom stereocenters. The van der Waals surface area contributed by atoms with E-state index in [2.05, 4.69) is 4.98 Å². The first-order valence-corrected chi connectivity index (χ1v) is 3.33. The molecule has 3 N–H and O–H groups in total. The Kier molecular flexibility index (Phi) is 1.61. The number of aromatic nitrogens is 1. The zero-order valence-electron chi connectivity index (χ0n) is 9.28. The minimum absolute atomic E-state index is 0.00127. The number of rotatable bonds is 2. The molecule has 1 heterocycles. The van der Waals surface area contributed by atoms with E-state index in [-0.39, 0.29) is 11.1 Å². The van der Waals surface area contributed by atoms with Gasteiger partial charge in [-0.3, -0.25) is 4.98 Å². The Balaban J connectivity index is 3.36. The van der Waals surface area contributed by atoms with E-state index in [4.69, 9.17) is 14.3 Å². The molecule has 1 aromatic heterocycles. The molecule has 0 amide bonds. The molecule has 0 atom stereocenters. The quantitative estimate of drug-likeness (QED) is 0.590. The first-order chi connectivity index (χ1) is 6.91. The molecule has 4 heteroatoms. The van der Waals surface area contributed by atoms with Gasteiger partial charge < -0.3 is 15.3 Å². The second kappa shape index (κ2) is 3.51. The zero-order valence-corrected chi connectivity index (χ0v) is 6.28. The van der Waals surface area contributed by atoms with Crippen molar-refractivity contribution in [3.05, 3.63) is 23.0 Å². The fourth-order valence-corrected chi connectivity index (χ4v) is 0.889. The van der Waals surface area contributed by atoms with Gasteiger partial charge in [-0.05, 0) is 6.85 Å². The van der Waals surface area contributed by atoms with Crippen molar-refractivity contribution in [2.24, 2.45) is 0 Å². The van der Waals surface area contributed by atoms with Crippen LogP contribution < -0.4 is 0 Å². The highest BCUT2D eigenvalue weighted by Gasteiger charge is 2.09. The Morgan fingerprint density at radius 1 is 1.50 bits per heavy atom. The third-order valence-corrected chi connectivity index (χ3v) is 1.58. The minimum atomic E-state index is -2.54. The van der Waals surface area contributed by atoms with Crippen molar-refractivity contribution in [1.82, 2.24) is 4.98 Å². The minimum Gasteiger partial charge on any atom is -0.506 e. The highest BCUT2D eigenvalue weighted by atomic mass is 16.3. The van der Waals surface area contributed by atoms with Gasteiger partial charge in [0, 0.05) is 21.4 Å². The number of aryl methyl sites for hydroxylation is 1. The summed E-state index contributed by atoms with van der Waals surface area (Å²) >= 11 is 0. The SMILES string of the molecule is [2H]C([2H])([2H])c1ncc(CO)c(CO)c1O. The highest BCUT2D eigenvalue weighted by Crippen LogP contribution is 2.23. The van der Waals surface area contributed by atoms with Gasteiger partial charge in [0.2, 0.25) is 0 Å². The van der Waals surface area contributed by atoms with Gasteiger partial charge in [0.1, 0.15) is 5.75 Å². The summed E-state index contributed by atoms with van der Waals surface area (Å²) in [4.78, 5) is 3.55. The molecule has 0 radical (unpaired) electrons. The van der Waals surface area contributed by atoms with Crippen LogP contribution in [-0.4, -0.2) is 20.3 Å². The molecule has 0 aromatic carbocycles. The Morgan fingerprint density at radius 2 is 2.25 bits per heavy atom. The summed E-state index contributed by atoms with van der Waals surface area (Å²) in [6, 6.07) is 0. The van der Waals surface area contributed by atoms with Crippen LogP contribution in [0.4, 0.5) is 0 Å². The van der Waals surface area contributed by atoms with Crippen LogP contribution in [-0.2, 0) is 13.2 Å². The number of aliphatic hydroxyl groups excluding tert-OH is 2. The fourth-order valence-electron chi connectivity index (χ4n) is 0.889.